The summed E-state index contributed by atoms with van der Waals surface area (Å²) in [5, 5.41) is 0. The van der Waals surface area contributed by atoms with Crippen LogP contribution in [0.2, 0.25) is 0 Å². The van der Waals surface area contributed by atoms with E-state index < -0.39 is 50.1 Å². The fourth-order valence-electron chi connectivity index (χ4n) is 1.01. The molecule has 0 aliphatic rings. The van der Waals surface area contributed by atoms with Gasteiger partial charge in [-0.15, -0.1) is 0 Å². The van der Waals surface area contributed by atoms with Gasteiger partial charge in [-0.3, -0.25) is 4.55 Å². The van der Waals surface area contributed by atoms with Gasteiger partial charge in [0.05, 0.1) is 0 Å². The fourth-order valence-corrected chi connectivity index (χ4v) is 1.64. The minimum atomic E-state index is -5.56. The van der Waals surface area contributed by atoms with Crippen molar-refractivity contribution in [2.75, 3.05) is 0 Å². The van der Waals surface area contributed by atoms with E-state index in [0.717, 1.165) is 0 Å². The summed E-state index contributed by atoms with van der Waals surface area (Å²) >= 11 is 0. The molecule has 0 bridgehead atoms. The number of amides is 1. The Morgan fingerprint density at radius 2 is 1.44 bits per heavy atom. The fraction of sp³-hybridized carbons (Fsp3) is 0. The van der Waals surface area contributed by atoms with Gasteiger partial charge in [0.1, 0.15) is 0 Å². The molecule has 0 radical (unpaired) electrons. The highest BCUT2D eigenvalue weighted by atomic mass is 32.2. The third-order valence-electron chi connectivity index (χ3n) is 1.64. The van der Waals surface area contributed by atoms with Crippen molar-refractivity contribution in [1.82, 2.24) is 0 Å². The molecule has 0 aliphatic carbocycles. The molecule has 0 aromatic heterocycles. The van der Waals surface area contributed by atoms with Crippen molar-refractivity contribution < 1.29 is 40.1 Å². The second-order valence-corrected chi connectivity index (χ2v) is 4.17. The zero-order valence-corrected chi connectivity index (χ0v) is 8.89. The Balaban J connectivity index is 3.72. The summed E-state index contributed by atoms with van der Waals surface area (Å²) in [6.45, 7) is 0. The topological polar surface area (TPSA) is 107 Å². The number of benzene rings is 1. The highest BCUT2D eigenvalue weighted by molar-refractivity contribution is 7.85. The number of halogens is 4. The average molecular weight is 289 g/mol. The molecule has 0 heterocycles. The lowest BCUT2D eigenvalue weighted by atomic mass is 10.3. The molecular weight excluding hydrogens is 286 g/mol. The van der Waals surface area contributed by atoms with Gasteiger partial charge < -0.3 is 10.5 Å². The maximum Gasteiger partial charge on any atom is 0.410 e. The Kier molecular flexibility index (Phi) is 3.48. The Labute approximate surface area is 96.7 Å². The zero-order chi connectivity index (χ0) is 14.2. The van der Waals surface area contributed by atoms with Crippen molar-refractivity contribution in [2.45, 2.75) is 4.90 Å². The molecular formula is C7H3F4NO5S. The quantitative estimate of drug-likeness (QED) is 0.479. The van der Waals surface area contributed by atoms with Crippen LogP contribution in [-0.4, -0.2) is 19.1 Å². The average Bonchev–Trinajstić information content (AvgIpc) is 2.19. The molecule has 0 fully saturated rings. The van der Waals surface area contributed by atoms with Crippen LogP contribution >= 0.6 is 0 Å². The van der Waals surface area contributed by atoms with E-state index in [1.54, 1.807) is 0 Å². The van der Waals surface area contributed by atoms with Crippen LogP contribution in [0, 0.1) is 23.3 Å². The first kappa shape index (κ1) is 14.2. The summed E-state index contributed by atoms with van der Waals surface area (Å²) < 4.78 is 85.5. The van der Waals surface area contributed by atoms with Crippen LogP contribution in [0.3, 0.4) is 0 Å². The van der Waals surface area contributed by atoms with E-state index in [4.69, 9.17) is 4.55 Å². The number of carbonyl (C=O) groups is 1. The molecule has 100 valence electrons. The van der Waals surface area contributed by atoms with Crippen LogP contribution < -0.4 is 10.5 Å². The van der Waals surface area contributed by atoms with E-state index in [-0.39, 0.29) is 0 Å². The van der Waals surface area contributed by atoms with Crippen LogP contribution in [0.4, 0.5) is 22.4 Å². The molecule has 0 aliphatic heterocycles. The van der Waals surface area contributed by atoms with Crippen LogP contribution in [0.1, 0.15) is 0 Å². The lowest BCUT2D eigenvalue weighted by molar-refractivity contribution is 0.204. The summed E-state index contributed by atoms with van der Waals surface area (Å²) in [5.74, 6) is -11.4. The highest BCUT2D eigenvalue weighted by Crippen LogP contribution is 2.32. The minimum Gasteiger partial charge on any atom is -0.404 e. The van der Waals surface area contributed by atoms with Crippen molar-refractivity contribution in [3.8, 4) is 5.75 Å². The molecule has 1 amide bonds. The second-order valence-electron chi connectivity index (χ2n) is 2.81. The van der Waals surface area contributed by atoms with E-state index in [0.29, 0.717) is 0 Å². The van der Waals surface area contributed by atoms with Gasteiger partial charge in [-0.05, 0) is 0 Å². The van der Waals surface area contributed by atoms with Crippen molar-refractivity contribution in [3.05, 3.63) is 23.3 Å². The first-order valence-electron chi connectivity index (χ1n) is 3.88. The monoisotopic (exact) mass is 289 g/mol. The number of hydrogen-bond acceptors (Lipinski definition) is 4. The first-order chi connectivity index (χ1) is 8.07. The third kappa shape index (κ3) is 2.36. The maximum atomic E-state index is 13.1. The van der Waals surface area contributed by atoms with E-state index in [2.05, 4.69) is 10.5 Å². The van der Waals surface area contributed by atoms with Gasteiger partial charge in [0.2, 0.25) is 17.4 Å². The molecule has 0 unspecified atom stereocenters. The molecule has 0 atom stereocenters. The standard InChI is InChI=1S/C7H3F4NO5S/c8-1-3(10)6(18(14,15)16)4(11)2(9)5(1)17-7(12)13/h(H2,12,13)(H,14,15,16). The number of carbonyl (C=O) groups excluding carboxylic acids is 1. The summed E-state index contributed by atoms with van der Waals surface area (Å²) in [6, 6.07) is 0. The minimum absolute atomic E-state index is 1.79. The Morgan fingerprint density at radius 1 is 1.06 bits per heavy atom. The zero-order valence-electron chi connectivity index (χ0n) is 8.08. The smallest absolute Gasteiger partial charge is 0.404 e. The first-order valence-corrected chi connectivity index (χ1v) is 5.32. The van der Waals surface area contributed by atoms with Crippen LogP contribution in [0.25, 0.3) is 0 Å². The number of nitrogens with two attached hydrogens (primary N) is 1. The van der Waals surface area contributed by atoms with Crippen molar-refractivity contribution in [3.63, 3.8) is 0 Å². The highest BCUT2D eigenvalue weighted by Gasteiger charge is 2.33. The van der Waals surface area contributed by atoms with Gasteiger partial charge in [-0.1, -0.05) is 0 Å². The van der Waals surface area contributed by atoms with Gasteiger partial charge in [0, 0.05) is 0 Å². The number of rotatable bonds is 2. The molecule has 1 rings (SSSR count). The molecule has 18 heavy (non-hydrogen) atoms. The Morgan fingerprint density at radius 3 is 1.72 bits per heavy atom. The molecule has 0 saturated heterocycles. The predicted molar refractivity (Wildman–Crippen MR) is 46.3 cm³/mol. The normalized spacial score (nSPS) is 11.4. The van der Waals surface area contributed by atoms with Crippen LogP contribution in [-0.2, 0) is 10.1 Å². The van der Waals surface area contributed by atoms with E-state index >= 15 is 0 Å². The van der Waals surface area contributed by atoms with E-state index in [9.17, 15) is 30.8 Å². The van der Waals surface area contributed by atoms with E-state index in [1.165, 1.54) is 0 Å². The molecule has 6 nitrogen and oxygen atoms in total. The van der Waals surface area contributed by atoms with E-state index in [1.807, 2.05) is 0 Å². The number of ether oxygens (including phenoxy) is 1. The summed E-state index contributed by atoms with van der Waals surface area (Å²) in [5.41, 5.74) is 4.38. The SMILES string of the molecule is NC(=O)Oc1c(F)c(F)c(S(=O)(=O)O)c(F)c1F. The van der Waals surface area contributed by atoms with Gasteiger partial charge in [-0.25, -0.2) is 13.6 Å². The number of hydrogen-bond donors (Lipinski definition) is 2. The van der Waals surface area contributed by atoms with Gasteiger partial charge in [0.15, 0.2) is 16.5 Å². The summed E-state index contributed by atoms with van der Waals surface area (Å²) in [6.07, 6.45) is -1.79. The lowest BCUT2D eigenvalue weighted by Crippen LogP contribution is -2.20. The molecule has 0 saturated carbocycles. The second kappa shape index (κ2) is 4.42. The van der Waals surface area contributed by atoms with Gasteiger partial charge >= 0.3 is 16.2 Å². The van der Waals surface area contributed by atoms with Crippen molar-refractivity contribution >= 4 is 16.2 Å². The molecule has 1 aromatic carbocycles. The lowest BCUT2D eigenvalue weighted by Gasteiger charge is -2.08. The molecule has 3 N–H and O–H groups in total. The Hall–Kier alpha value is -1.88. The van der Waals surface area contributed by atoms with Crippen molar-refractivity contribution in [1.29, 1.82) is 0 Å². The van der Waals surface area contributed by atoms with Gasteiger partial charge in [0.25, 0.3) is 0 Å². The maximum absolute atomic E-state index is 13.1. The summed E-state index contributed by atoms with van der Waals surface area (Å²) in [4.78, 5) is 7.99. The molecule has 11 heteroatoms. The molecule has 1 aromatic rings. The largest absolute Gasteiger partial charge is 0.410 e. The molecule has 0 spiro atoms. The Bertz CT molecular complexity index is 600. The van der Waals surface area contributed by atoms with Crippen LogP contribution in [0.5, 0.6) is 5.75 Å². The van der Waals surface area contributed by atoms with Crippen molar-refractivity contribution in [2.24, 2.45) is 5.73 Å². The summed E-state index contributed by atoms with van der Waals surface area (Å²) in [7, 11) is -5.56. The number of primary amides is 1. The predicted octanol–water partition coefficient (Wildman–Crippen LogP) is 0.947. The third-order valence-corrected chi connectivity index (χ3v) is 2.52. The van der Waals surface area contributed by atoms with Crippen LogP contribution in [0.15, 0.2) is 4.90 Å². The van der Waals surface area contributed by atoms with Gasteiger partial charge in [-0.2, -0.15) is 17.2 Å².